The predicted octanol–water partition coefficient (Wildman–Crippen LogP) is 2.24. The first-order valence-electron chi connectivity index (χ1n) is 4.04. The largest absolute Gasteiger partial charge is 0.337 e. The normalized spacial score (nSPS) is 11.0. The molecule has 0 saturated heterocycles. The summed E-state index contributed by atoms with van der Waals surface area (Å²) >= 11 is 0. The van der Waals surface area contributed by atoms with Crippen molar-refractivity contribution in [3.8, 4) is 0 Å². The first-order valence-corrected chi connectivity index (χ1v) is 4.04. The van der Waals surface area contributed by atoms with E-state index >= 15 is 0 Å². The second kappa shape index (κ2) is 4.72. The van der Waals surface area contributed by atoms with E-state index in [2.05, 4.69) is 28.6 Å². The molecule has 0 aromatic carbocycles. The molecule has 0 N–H and O–H groups in total. The zero-order valence-electron chi connectivity index (χ0n) is 6.90. The maximum Gasteiger partial charge on any atom is 0.0946 e. The molecule has 0 unspecified atom stereocenters. The molecule has 0 amide bonds. The Hall–Kier alpha value is -1.05. The van der Waals surface area contributed by atoms with Gasteiger partial charge < -0.3 is 4.57 Å². The van der Waals surface area contributed by atoms with Gasteiger partial charge in [-0.15, -0.1) is 0 Å². The quantitative estimate of drug-likeness (QED) is 0.602. The third-order valence-electron chi connectivity index (χ3n) is 1.52. The van der Waals surface area contributed by atoms with Crippen molar-refractivity contribution in [2.75, 3.05) is 0 Å². The Labute approximate surface area is 67.6 Å². The Bertz CT molecular complexity index is 199. The molecule has 0 fully saturated rings. The number of nitrogens with zero attached hydrogens (tertiary/aromatic N) is 2. The Balaban J connectivity index is 2.19. The lowest BCUT2D eigenvalue weighted by molar-refractivity contribution is 0.708. The van der Waals surface area contributed by atoms with E-state index < -0.39 is 0 Å². The predicted molar refractivity (Wildman–Crippen MR) is 46.3 cm³/mol. The van der Waals surface area contributed by atoms with Gasteiger partial charge in [-0.05, 0) is 12.8 Å². The average molecular weight is 150 g/mol. The molecule has 0 radical (unpaired) electrons. The highest BCUT2D eigenvalue weighted by Gasteiger charge is 1.84. The summed E-state index contributed by atoms with van der Waals surface area (Å²) in [5.74, 6) is 0. The van der Waals surface area contributed by atoms with Crippen LogP contribution >= 0.6 is 0 Å². The summed E-state index contributed by atoms with van der Waals surface area (Å²) in [5, 5.41) is 0. The van der Waals surface area contributed by atoms with Gasteiger partial charge in [-0.2, -0.15) is 0 Å². The van der Waals surface area contributed by atoms with Gasteiger partial charge in [0.15, 0.2) is 0 Å². The van der Waals surface area contributed by atoms with Gasteiger partial charge in [0.2, 0.25) is 0 Å². The third kappa shape index (κ3) is 3.03. The van der Waals surface area contributed by atoms with Crippen molar-refractivity contribution >= 4 is 0 Å². The van der Waals surface area contributed by atoms with E-state index in [1.54, 1.807) is 0 Å². The van der Waals surface area contributed by atoms with Gasteiger partial charge in [-0.25, -0.2) is 4.98 Å². The van der Waals surface area contributed by atoms with Crippen molar-refractivity contribution < 1.29 is 0 Å². The van der Waals surface area contributed by atoms with Crippen molar-refractivity contribution in [2.45, 2.75) is 26.3 Å². The number of hydrogen-bond acceptors (Lipinski definition) is 1. The molecule has 2 heteroatoms. The Morgan fingerprint density at radius 3 is 3.00 bits per heavy atom. The van der Waals surface area contributed by atoms with Crippen LogP contribution in [0.25, 0.3) is 0 Å². The molecule has 1 heterocycles. The molecule has 0 aliphatic heterocycles. The summed E-state index contributed by atoms with van der Waals surface area (Å²) in [7, 11) is 0. The molecule has 2 nitrogen and oxygen atoms in total. The highest BCUT2D eigenvalue weighted by atomic mass is 15.0. The van der Waals surface area contributed by atoms with Gasteiger partial charge >= 0.3 is 0 Å². The van der Waals surface area contributed by atoms with E-state index in [1.807, 2.05) is 18.7 Å². The monoisotopic (exact) mass is 150 g/mol. The minimum Gasteiger partial charge on any atom is -0.337 e. The van der Waals surface area contributed by atoms with Crippen molar-refractivity contribution in [3.05, 3.63) is 30.9 Å². The van der Waals surface area contributed by atoms with Crippen molar-refractivity contribution in [2.24, 2.45) is 0 Å². The molecular formula is C9H14N2. The fourth-order valence-electron chi connectivity index (χ4n) is 0.927. The molecule has 60 valence electrons. The van der Waals surface area contributed by atoms with Crippen molar-refractivity contribution in [3.63, 3.8) is 0 Å². The molecular weight excluding hydrogens is 136 g/mol. The number of rotatable bonds is 4. The summed E-state index contributed by atoms with van der Waals surface area (Å²) < 4.78 is 2.08. The summed E-state index contributed by atoms with van der Waals surface area (Å²) in [6, 6.07) is 0. The molecule has 1 aromatic heterocycles. The Kier molecular flexibility index (Phi) is 3.45. The van der Waals surface area contributed by atoms with Gasteiger partial charge in [-0.3, -0.25) is 0 Å². The summed E-state index contributed by atoms with van der Waals surface area (Å²) in [6.07, 6.45) is 12.3. The molecule has 0 atom stereocenters. The van der Waals surface area contributed by atoms with Crippen molar-refractivity contribution in [1.29, 1.82) is 0 Å². The van der Waals surface area contributed by atoms with E-state index in [9.17, 15) is 0 Å². The van der Waals surface area contributed by atoms with Crippen LogP contribution < -0.4 is 0 Å². The van der Waals surface area contributed by atoms with E-state index in [-0.39, 0.29) is 0 Å². The van der Waals surface area contributed by atoms with Gasteiger partial charge in [0.05, 0.1) is 6.33 Å². The van der Waals surface area contributed by atoms with E-state index in [1.165, 1.54) is 0 Å². The molecule has 0 bridgehead atoms. The first-order chi connectivity index (χ1) is 5.43. The number of allylic oxidation sites excluding steroid dienone is 2. The zero-order chi connectivity index (χ0) is 7.94. The van der Waals surface area contributed by atoms with Crippen LogP contribution in [0.15, 0.2) is 30.9 Å². The maximum atomic E-state index is 3.96. The number of hydrogen-bond donors (Lipinski definition) is 0. The molecule has 1 rings (SSSR count). The van der Waals surface area contributed by atoms with Crippen LogP contribution in [0.5, 0.6) is 0 Å². The lowest BCUT2D eigenvalue weighted by Gasteiger charge is -1.95. The standard InChI is InChI=1S/C9H14N2/c1-2-3-4-5-7-11-8-6-10-9-11/h3-4,6,8-9H,2,5,7H2,1H3/b4-3-. The van der Waals surface area contributed by atoms with Crippen LogP contribution in [0.2, 0.25) is 0 Å². The van der Waals surface area contributed by atoms with E-state index in [0.29, 0.717) is 0 Å². The molecule has 0 saturated carbocycles. The lowest BCUT2D eigenvalue weighted by atomic mass is 10.3. The van der Waals surface area contributed by atoms with Gasteiger partial charge in [-0.1, -0.05) is 19.1 Å². The summed E-state index contributed by atoms with van der Waals surface area (Å²) in [5.41, 5.74) is 0. The highest BCUT2D eigenvalue weighted by molar-refractivity contribution is 4.82. The van der Waals surface area contributed by atoms with Crippen LogP contribution in [-0.4, -0.2) is 9.55 Å². The van der Waals surface area contributed by atoms with Crippen LogP contribution in [0.3, 0.4) is 0 Å². The van der Waals surface area contributed by atoms with Gasteiger partial charge in [0.1, 0.15) is 0 Å². The van der Waals surface area contributed by atoms with E-state index in [4.69, 9.17) is 0 Å². The van der Waals surface area contributed by atoms with Crippen LogP contribution in [0.1, 0.15) is 19.8 Å². The summed E-state index contributed by atoms with van der Waals surface area (Å²) in [6.45, 7) is 3.18. The highest BCUT2D eigenvalue weighted by Crippen LogP contribution is 1.92. The second-order valence-electron chi connectivity index (χ2n) is 2.47. The van der Waals surface area contributed by atoms with Crippen LogP contribution in [0.4, 0.5) is 0 Å². The SMILES string of the molecule is CC/C=C\CCn1ccnc1. The topological polar surface area (TPSA) is 17.8 Å². The van der Waals surface area contributed by atoms with E-state index in [0.717, 1.165) is 19.4 Å². The first kappa shape index (κ1) is 8.05. The fourth-order valence-corrected chi connectivity index (χ4v) is 0.927. The number of aryl methyl sites for hydroxylation is 1. The van der Waals surface area contributed by atoms with Crippen LogP contribution in [0, 0.1) is 0 Å². The molecule has 0 spiro atoms. The smallest absolute Gasteiger partial charge is 0.0946 e. The fraction of sp³-hybridized carbons (Fsp3) is 0.444. The van der Waals surface area contributed by atoms with Crippen LogP contribution in [-0.2, 0) is 6.54 Å². The number of aromatic nitrogens is 2. The lowest BCUT2D eigenvalue weighted by Crippen LogP contribution is -1.91. The Morgan fingerprint density at radius 2 is 2.36 bits per heavy atom. The average Bonchev–Trinajstić information content (AvgIpc) is 2.50. The van der Waals surface area contributed by atoms with Gasteiger partial charge in [0.25, 0.3) is 0 Å². The number of imidazole rings is 1. The Morgan fingerprint density at radius 1 is 1.45 bits per heavy atom. The maximum absolute atomic E-state index is 3.96. The minimum atomic E-state index is 1.04. The molecule has 0 aliphatic carbocycles. The molecule has 0 aliphatic rings. The molecule has 11 heavy (non-hydrogen) atoms. The second-order valence-corrected chi connectivity index (χ2v) is 2.47. The van der Waals surface area contributed by atoms with Crippen molar-refractivity contribution in [1.82, 2.24) is 9.55 Å². The molecule has 1 aromatic rings. The third-order valence-corrected chi connectivity index (χ3v) is 1.52. The van der Waals surface area contributed by atoms with Gasteiger partial charge in [0, 0.05) is 18.9 Å². The minimum absolute atomic E-state index is 1.04. The zero-order valence-corrected chi connectivity index (χ0v) is 6.90. The summed E-state index contributed by atoms with van der Waals surface area (Å²) in [4.78, 5) is 3.96.